The van der Waals surface area contributed by atoms with Crippen molar-refractivity contribution in [1.82, 2.24) is 4.57 Å². The minimum Gasteiger partial charge on any atom is -0.491 e. The zero-order chi connectivity index (χ0) is 28.0. The van der Waals surface area contributed by atoms with Crippen molar-refractivity contribution in [1.29, 1.82) is 0 Å². The molecule has 3 heterocycles. The fourth-order valence-corrected chi connectivity index (χ4v) is 5.33. The van der Waals surface area contributed by atoms with Gasteiger partial charge in [-0.25, -0.2) is 4.79 Å². The molecule has 206 valence electrons. The Bertz CT molecular complexity index is 1670. The van der Waals surface area contributed by atoms with Crippen LogP contribution in [0.2, 0.25) is 0 Å². The van der Waals surface area contributed by atoms with Crippen LogP contribution in [0.15, 0.2) is 59.8 Å². The first kappa shape index (κ1) is 26.0. The Hall–Kier alpha value is -4.21. The molecule has 40 heavy (non-hydrogen) atoms. The van der Waals surface area contributed by atoms with Gasteiger partial charge in [-0.1, -0.05) is 5.16 Å². The molecule has 0 aliphatic carbocycles. The number of nitrogens with zero attached hydrogens (tertiary/aromatic N) is 2. The number of aryl methyl sites for hydroxylation is 1. The van der Waals surface area contributed by atoms with Gasteiger partial charge in [0.05, 0.1) is 17.5 Å². The van der Waals surface area contributed by atoms with Gasteiger partial charge in [-0.05, 0) is 75.4 Å². The van der Waals surface area contributed by atoms with Crippen molar-refractivity contribution >= 4 is 39.3 Å². The number of aromatic nitrogens is 1. The largest absolute Gasteiger partial charge is 0.491 e. The maximum absolute atomic E-state index is 13.5. The fraction of sp³-hybridized carbons (Fsp3) is 0.323. The van der Waals surface area contributed by atoms with Gasteiger partial charge >= 0.3 is 5.97 Å². The molecule has 0 amide bonds. The number of carbonyl (C=O) groups is 2. The molecule has 0 bridgehead atoms. The summed E-state index contributed by atoms with van der Waals surface area (Å²) in [6, 6.07) is 16.8. The molecule has 9 heteroatoms. The molecule has 9 nitrogen and oxygen atoms in total. The van der Waals surface area contributed by atoms with Gasteiger partial charge in [0, 0.05) is 41.1 Å². The van der Waals surface area contributed by atoms with Gasteiger partial charge in [-0.15, -0.1) is 0 Å². The van der Waals surface area contributed by atoms with Crippen molar-refractivity contribution in [3.8, 4) is 11.5 Å². The molecule has 6 rings (SSSR count). The molecule has 3 aromatic carbocycles. The van der Waals surface area contributed by atoms with E-state index in [4.69, 9.17) is 23.8 Å². The number of rotatable bonds is 7. The van der Waals surface area contributed by atoms with Crippen LogP contribution in [-0.2, 0) is 25.7 Å². The predicted octanol–water partition coefficient (Wildman–Crippen LogP) is 5.24. The molecule has 1 unspecified atom stereocenters. The van der Waals surface area contributed by atoms with E-state index in [0.29, 0.717) is 41.6 Å². The summed E-state index contributed by atoms with van der Waals surface area (Å²) in [7, 11) is 0. The third-order valence-electron chi connectivity index (χ3n) is 7.13. The summed E-state index contributed by atoms with van der Waals surface area (Å²) in [4.78, 5) is 29.6. The summed E-state index contributed by atoms with van der Waals surface area (Å²) in [5.74, 6) is 0.150. The SMILES string of the molecule is CCn1c2ccc(C(=O)c3ccc(OCC4COC(C)(C)O4)cc3)cc2c2c3c(ccc21)/C(=N/OC(C)=O)CO3. The lowest BCUT2D eigenvalue weighted by Gasteiger charge is -2.17. The minimum absolute atomic E-state index is 0.0919. The van der Waals surface area contributed by atoms with E-state index in [1.54, 1.807) is 24.3 Å². The molecule has 2 aliphatic heterocycles. The van der Waals surface area contributed by atoms with Crippen molar-refractivity contribution in [3.63, 3.8) is 0 Å². The van der Waals surface area contributed by atoms with Gasteiger partial charge in [0.15, 0.2) is 11.6 Å². The molecule has 0 saturated carbocycles. The molecule has 1 saturated heterocycles. The molecular weight excluding hydrogens is 512 g/mol. The summed E-state index contributed by atoms with van der Waals surface area (Å²) in [6.07, 6.45) is -0.136. The Kier molecular flexibility index (Phi) is 6.56. The highest BCUT2D eigenvalue weighted by molar-refractivity contribution is 6.20. The highest BCUT2D eigenvalue weighted by Gasteiger charge is 2.33. The van der Waals surface area contributed by atoms with Gasteiger partial charge < -0.3 is 28.4 Å². The predicted molar refractivity (Wildman–Crippen MR) is 149 cm³/mol. The van der Waals surface area contributed by atoms with E-state index in [1.807, 2.05) is 44.2 Å². The standard InChI is InChI=1S/C31H30N2O7/c1-5-33-26-12-8-20(29(35)19-6-9-21(10-7-19)36-15-22-16-38-31(3,4)39-22)14-24(26)28-27(33)13-11-23-25(17-37-30(23)28)32-40-18(2)34/h6-14,22H,5,15-17H2,1-4H3/b32-25+. The zero-order valence-electron chi connectivity index (χ0n) is 22.9. The second-order valence-electron chi connectivity index (χ2n) is 10.3. The highest BCUT2D eigenvalue weighted by atomic mass is 16.7. The van der Waals surface area contributed by atoms with Crippen LogP contribution in [0.3, 0.4) is 0 Å². The van der Waals surface area contributed by atoms with Crippen LogP contribution < -0.4 is 9.47 Å². The fourth-order valence-electron chi connectivity index (χ4n) is 5.33. The third-order valence-corrected chi connectivity index (χ3v) is 7.13. The molecule has 1 fully saturated rings. The van der Waals surface area contributed by atoms with Crippen molar-refractivity contribution in [2.75, 3.05) is 19.8 Å². The first-order chi connectivity index (χ1) is 19.2. The van der Waals surface area contributed by atoms with Gasteiger partial charge in [0.1, 0.15) is 36.5 Å². The molecule has 0 radical (unpaired) electrons. The molecule has 0 N–H and O–H groups in total. The maximum atomic E-state index is 13.5. The Morgan fingerprint density at radius 3 is 2.50 bits per heavy atom. The highest BCUT2D eigenvalue weighted by Crippen LogP contribution is 2.41. The van der Waals surface area contributed by atoms with Crippen LogP contribution in [0.1, 0.15) is 49.2 Å². The lowest BCUT2D eigenvalue weighted by molar-refractivity contribution is -0.141. The van der Waals surface area contributed by atoms with Crippen molar-refractivity contribution in [2.45, 2.75) is 46.1 Å². The van der Waals surface area contributed by atoms with E-state index >= 15 is 0 Å². The molecule has 2 aliphatic rings. The Morgan fingerprint density at radius 2 is 1.80 bits per heavy atom. The van der Waals surface area contributed by atoms with Crippen molar-refractivity contribution in [2.24, 2.45) is 5.16 Å². The van der Waals surface area contributed by atoms with Crippen LogP contribution in [0, 0.1) is 0 Å². The average Bonchev–Trinajstić information content (AvgIpc) is 3.62. The Balaban J connectivity index is 1.29. The van der Waals surface area contributed by atoms with Gasteiger partial charge in [-0.3, -0.25) is 4.79 Å². The molecule has 4 aromatic rings. The number of hydrogen-bond donors (Lipinski definition) is 0. The number of ketones is 1. The van der Waals surface area contributed by atoms with Crippen LogP contribution in [0.4, 0.5) is 0 Å². The van der Waals surface area contributed by atoms with E-state index in [1.165, 1.54) is 6.92 Å². The topological polar surface area (TPSA) is 97.6 Å². The van der Waals surface area contributed by atoms with Gasteiger partial charge in [-0.2, -0.15) is 0 Å². The summed E-state index contributed by atoms with van der Waals surface area (Å²) < 4.78 is 25.4. The summed E-state index contributed by atoms with van der Waals surface area (Å²) in [6.45, 7) is 8.94. The van der Waals surface area contributed by atoms with Crippen LogP contribution in [-0.4, -0.2) is 53.7 Å². The van der Waals surface area contributed by atoms with E-state index in [9.17, 15) is 9.59 Å². The number of benzene rings is 3. The number of carbonyl (C=O) groups excluding carboxylic acids is 2. The zero-order valence-corrected chi connectivity index (χ0v) is 22.9. The van der Waals surface area contributed by atoms with Crippen LogP contribution in [0.5, 0.6) is 11.5 Å². The lowest BCUT2D eigenvalue weighted by atomic mass is 10.00. The smallest absolute Gasteiger partial charge is 0.331 e. The average molecular weight is 543 g/mol. The van der Waals surface area contributed by atoms with Crippen molar-refractivity contribution in [3.05, 3.63) is 71.3 Å². The van der Waals surface area contributed by atoms with Gasteiger partial charge in [0.2, 0.25) is 0 Å². The first-order valence-corrected chi connectivity index (χ1v) is 13.3. The van der Waals surface area contributed by atoms with Gasteiger partial charge in [0.25, 0.3) is 0 Å². The van der Waals surface area contributed by atoms with E-state index in [2.05, 4.69) is 16.6 Å². The Labute approximate surface area is 231 Å². The van der Waals surface area contributed by atoms with E-state index < -0.39 is 11.8 Å². The maximum Gasteiger partial charge on any atom is 0.331 e. The molecular formula is C31H30N2O7. The first-order valence-electron chi connectivity index (χ1n) is 13.3. The quantitative estimate of drug-likeness (QED) is 0.179. The van der Waals surface area contributed by atoms with Crippen molar-refractivity contribution < 1.29 is 33.4 Å². The second-order valence-corrected chi connectivity index (χ2v) is 10.3. The third kappa shape index (κ3) is 4.71. The summed E-state index contributed by atoms with van der Waals surface area (Å²) in [5.41, 5.74) is 4.45. The van der Waals surface area contributed by atoms with Crippen LogP contribution in [0.25, 0.3) is 21.8 Å². The monoisotopic (exact) mass is 542 g/mol. The van der Waals surface area contributed by atoms with E-state index in [-0.39, 0.29) is 18.5 Å². The normalized spacial score (nSPS) is 18.7. The summed E-state index contributed by atoms with van der Waals surface area (Å²) >= 11 is 0. The Morgan fingerprint density at radius 1 is 1.05 bits per heavy atom. The number of ether oxygens (including phenoxy) is 4. The van der Waals surface area contributed by atoms with Crippen LogP contribution >= 0.6 is 0 Å². The number of oxime groups is 1. The second kappa shape index (κ2) is 10.1. The van der Waals surface area contributed by atoms with E-state index in [0.717, 1.165) is 33.9 Å². The number of fused-ring (bicyclic) bond motifs is 5. The minimum atomic E-state index is -0.596. The molecule has 1 aromatic heterocycles. The molecule has 1 atom stereocenters. The molecule has 0 spiro atoms. The summed E-state index contributed by atoms with van der Waals surface area (Å²) in [5, 5.41) is 5.79. The number of hydrogen-bond acceptors (Lipinski definition) is 8. The lowest BCUT2D eigenvalue weighted by Crippen LogP contribution is -2.25.